The molecule has 152 valence electrons. The van der Waals surface area contributed by atoms with E-state index < -0.39 is 14.7 Å². The molecular formula is C23H31F2NOSi. The maximum atomic E-state index is 12.7. The first-order valence-electron chi connectivity index (χ1n) is 10.1. The summed E-state index contributed by atoms with van der Waals surface area (Å²) in [5.74, 6) is 0.451. The zero-order valence-electron chi connectivity index (χ0n) is 17.0. The van der Waals surface area contributed by atoms with Crippen LogP contribution in [-0.2, 0) is 4.43 Å². The Bertz CT molecular complexity index is 690. The standard InChI is InChI=1S/C23H31F2NOSi/c1-23(2,3)28(19-10-6-4-7-11-19,20-12-8-5-9-13-20)27-21(18-14-15-18)16-26-17-22(24)25/h4-13,18,21-22,26H,14-17H2,1-3H3. The summed E-state index contributed by atoms with van der Waals surface area (Å²) in [5.41, 5.74) is 0. The number of nitrogens with one attached hydrogen (secondary N) is 1. The van der Waals surface area contributed by atoms with Gasteiger partial charge in [-0.05, 0) is 34.2 Å². The molecule has 1 fully saturated rings. The van der Waals surface area contributed by atoms with Crippen molar-refractivity contribution < 1.29 is 13.2 Å². The number of benzene rings is 2. The Morgan fingerprint density at radius 1 is 0.929 bits per heavy atom. The molecule has 1 atom stereocenters. The molecule has 2 nitrogen and oxygen atoms in total. The fraction of sp³-hybridized carbons (Fsp3) is 0.478. The van der Waals surface area contributed by atoms with E-state index in [-0.39, 0.29) is 17.7 Å². The molecule has 0 spiro atoms. The fourth-order valence-corrected chi connectivity index (χ4v) is 8.77. The van der Waals surface area contributed by atoms with Gasteiger partial charge in [0.25, 0.3) is 14.7 Å². The van der Waals surface area contributed by atoms with Gasteiger partial charge in [0.05, 0.1) is 12.6 Å². The van der Waals surface area contributed by atoms with Gasteiger partial charge in [-0.2, -0.15) is 0 Å². The molecule has 1 unspecified atom stereocenters. The second-order valence-corrected chi connectivity index (χ2v) is 13.0. The van der Waals surface area contributed by atoms with E-state index in [2.05, 4.69) is 74.6 Å². The third-order valence-corrected chi connectivity index (χ3v) is 10.6. The first-order chi connectivity index (χ1) is 13.3. The van der Waals surface area contributed by atoms with Crippen LogP contribution in [0.5, 0.6) is 0 Å². The molecule has 0 radical (unpaired) electrons. The van der Waals surface area contributed by atoms with Crippen LogP contribution in [0.15, 0.2) is 60.7 Å². The number of halogens is 2. The van der Waals surface area contributed by atoms with E-state index in [9.17, 15) is 8.78 Å². The van der Waals surface area contributed by atoms with Gasteiger partial charge in [-0.1, -0.05) is 81.4 Å². The molecule has 2 aromatic carbocycles. The van der Waals surface area contributed by atoms with E-state index in [4.69, 9.17) is 4.43 Å². The highest BCUT2D eigenvalue weighted by molar-refractivity contribution is 6.99. The van der Waals surface area contributed by atoms with Gasteiger partial charge in [0, 0.05) is 6.54 Å². The molecule has 5 heteroatoms. The maximum absolute atomic E-state index is 12.7. The van der Waals surface area contributed by atoms with E-state index in [1.165, 1.54) is 10.4 Å². The van der Waals surface area contributed by atoms with Crippen LogP contribution < -0.4 is 15.7 Å². The zero-order valence-corrected chi connectivity index (χ0v) is 18.0. The summed E-state index contributed by atoms with van der Waals surface area (Å²) >= 11 is 0. The molecule has 1 N–H and O–H groups in total. The van der Waals surface area contributed by atoms with Crippen LogP contribution in [0.2, 0.25) is 5.04 Å². The van der Waals surface area contributed by atoms with Crippen molar-refractivity contribution in [3.05, 3.63) is 60.7 Å². The molecule has 0 amide bonds. The quantitative estimate of drug-likeness (QED) is 0.634. The molecule has 2 aromatic rings. The van der Waals surface area contributed by atoms with Gasteiger partial charge in [0.15, 0.2) is 0 Å². The second-order valence-electron chi connectivity index (χ2n) is 8.71. The van der Waals surface area contributed by atoms with Crippen molar-refractivity contribution >= 4 is 18.7 Å². The Morgan fingerprint density at radius 2 is 1.43 bits per heavy atom. The van der Waals surface area contributed by atoms with Gasteiger partial charge >= 0.3 is 0 Å². The minimum Gasteiger partial charge on any atom is -0.403 e. The normalized spacial score (nSPS) is 16.4. The van der Waals surface area contributed by atoms with Gasteiger partial charge in [-0.3, -0.25) is 0 Å². The second kappa shape index (κ2) is 8.85. The van der Waals surface area contributed by atoms with Crippen LogP contribution in [0.1, 0.15) is 33.6 Å². The van der Waals surface area contributed by atoms with E-state index >= 15 is 0 Å². The van der Waals surface area contributed by atoms with Gasteiger partial charge in [-0.15, -0.1) is 0 Å². The molecule has 0 aliphatic heterocycles. The molecule has 28 heavy (non-hydrogen) atoms. The van der Waals surface area contributed by atoms with Crippen molar-refractivity contribution in [1.82, 2.24) is 5.32 Å². The lowest BCUT2D eigenvalue weighted by Crippen LogP contribution is -2.68. The molecule has 0 saturated heterocycles. The van der Waals surface area contributed by atoms with E-state index in [1.807, 2.05) is 12.1 Å². The summed E-state index contributed by atoms with van der Waals surface area (Å²) in [4.78, 5) is 0. The maximum Gasteiger partial charge on any atom is 0.261 e. The first kappa shape index (κ1) is 21.2. The topological polar surface area (TPSA) is 21.3 Å². The minimum atomic E-state index is -2.64. The molecule has 1 saturated carbocycles. The van der Waals surface area contributed by atoms with Gasteiger partial charge in [0.1, 0.15) is 0 Å². The Labute approximate surface area is 168 Å². The molecular weight excluding hydrogens is 372 g/mol. The Hall–Kier alpha value is -1.56. The predicted octanol–water partition coefficient (Wildman–Crippen LogP) is 4.20. The average molecular weight is 404 g/mol. The summed E-state index contributed by atoms with van der Waals surface area (Å²) in [7, 11) is -2.64. The molecule has 0 aromatic heterocycles. The van der Waals surface area contributed by atoms with Crippen LogP contribution in [0.4, 0.5) is 8.78 Å². The first-order valence-corrected chi connectivity index (χ1v) is 12.0. The lowest BCUT2D eigenvalue weighted by molar-refractivity contribution is 0.126. The Kier molecular flexibility index (Phi) is 6.68. The molecule has 0 heterocycles. The Balaban J connectivity index is 2.02. The number of alkyl halides is 2. The lowest BCUT2D eigenvalue weighted by Gasteiger charge is -2.45. The number of hydrogen-bond acceptors (Lipinski definition) is 2. The third-order valence-electron chi connectivity index (χ3n) is 5.54. The smallest absolute Gasteiger partial charge is 0.261 e. The van der Waals surface area contributed by atoms with Crippen molar-refractivity contribution in [3.8, 4) is 0 Å². The van der Waals surface area contributed by atoms with Crippen LogP contribution in [-0.4, -0.2) is 33.9 Å². The van der Waals surface area contributed by atoms with Gasteiger partial charge in [0.2, 0.25) is 0 Å². The highest BCUT2D eigenvalue weighted by Gasteiger charge is 2.52. The number of hydrogen-bond donors (Lipinski definition) is 1. The van der Waals surface area contributed by atoms with Crippen molar-refractivity contribution in [1.29, 1.82) is 0 Å². The molecule has 0 bridgehead atoms. The van der Waals surface area contributed by atoms with Crippen LogP contribution >= 0.6 is 0 Å². The Morgan fingerprint density at radius 3 is 1.82 bits per heavy atom. The largest absolute Gasteiger partial charge is 0.403 e. The summed E-state index contributed by atoms with van der Waals surface area (Å²) in [5, 5.41) is 5.28. The van der Waals surface area contributed by atoms with Crippen LogP contribution in [0, 0.1) is 5.92 Å². The number of rotatable bonds is 9. The van der Waals surface area contributed by atoms with Crippen molar-refractivity contribution in [2.24, 2.45) is 5.92 Å². The third kappa shape index (κ3) is 4.70. The van der Waals surface area contributed by atoms with Crippen molar-refractivity contribution in [3.63, 3.8) is 0 Å². The fourth-order valence-electron chi connectivity index (χ4n) is 4.03. The summed E-state index contributed by atoms with van der Waals surface area (Å²) in [6, 6.07) is 21.0. The molecule has 1 aliphatic carbocycles. The minimum absolute atomic E-state index is 0.0509. The van der Waals surface area contributed by atoms with E-state index in [0.29, 0.717) is 12.5 Å². The average Bonchev–Trinajstić information content (AvgIpc) is 3.50. The van der Waals surface area contributed by atoms with E-state index in [0.717, 1.165) is 12.8 Å². The monoisotopic (exact) mass is 403 g/mol. The highest BCUT2D eigenvalue weighted by Crippen LogP contribution is 2.41. The van der Waals surface area contributed by atoms with Gasteiger partial charge < -0.3 is 9.74 Å². The SMILES string of the molecule is CC(C)(C)[Si](OC(CNCC(F)F)C1CC1)(c1ccccc1)c1ccccc1. The zero-order chi connectivity index (χ0) is 20.2. The molecule has 3 rings (SSSR count). The molecule has 1 aliphatic rings. The van der Waals surface area contributed by atoms with E-state index in [1.54, 1.807) is 0 Å². The van der Waals surface area contributed by atoms with Crippen LogP contribution in [0.25, 0.3) is 0 Å². The van der Waals surface area contributed by atoms with Crippen molar-refractivity contribution in [2.75, 3.05) is 13.1 Å². The lowest BCUT2D eigenvalue weighted by atomic mass is 10.2. The van der Waals surface area contributed by atoms with Crippen molar-refractivity contribution in [2.45, 2.75) is 51.2 Å². The highest BCUT2D eigenvalue weighted by atomic mass is 28.4. The van der Waals surface area contributed by atoms with Crippen LogP contribution in [0.3, 0.4) is 0 Å². The van der Waals surface area contributed by atoms with Gasteiger partial charge in [-0.25, -0.2) is 8.78 Å². The predicted molar refractivity (Wildman–Crippen MR) is 114 cm³/mol. The summed E-state index contributed by atoms with van der Waals surface area (Å²) in [6.45, 7) is 6.92. The summed E-state index contributed by atoms with van der Waals surface area (Å²) < 4.78 is 32.4. The summed E-state index contributed by atoms with van der Waals surface area (Å²) in [6.07, 6.45) is -0.170.